The number of Topliss-reactive ketones (excluding diaryl/α,β-unsaturated/α-hetero) is 2. The molecule has 2 aliphatic rings. The predicted molar refractivity (Wildman–Crippen MR) is 120 cm³/mol. The first kappa shape index (κ1) is 25.4. The van der Waals surface area contributed by atoms with Gasteiger partial charge in [-0.1, -0.05) is 13.8 Å². The van der Waals surface area contributed by atoms with Crippen LogP contribution in [0.3, 0.4) is 0 Å². The van der Waals surface area contributed by atoms with Crippen molar-refractivity contribution in [1.29, 1.82) is 0 Å². The molecule has 0 amide bonds. The minimum atomic E-state index is -0.107. The van der Waals surface area contributed by atoms with E-state index >= 15 is 0 Å². The highest BCUT2D eigenvalue weighted by Gasteiger charge is 2.43. The number of carbonyl (C=O) groups excluding carboxylic acids is 2. The van der Waals surface area contributed by atoms with Crippen molar-refractivity contribution in [3.63, 3.8) is 0 Å². The molecule has 2 atom stereocenters. The predicted octanol–water partition coefficient (Wildman–Crippen LogP) is 3.18. The zero-order chi connectivity index (χ0) is 21.8. The first-order chi connectivity index (χ1) is 14.6. The van der Waals surface area contributed by atoms with Crippen molar-refractivity contribution in [2.24, 2.45) is 11.8 Å². The van der Waals surface area contributed by atoms with E-state index in [1.165, 1.54) is 0 Å². The molecule has 174 valence electrons. The Labute approximate surface area is 183 Å². The highest BCUT2D eigenvalue weighted by Crippen LogP contribution is 2.38. The minimum Gasteiger partial charge on any atom is -0.381 e. The van der Waals surface area contributed by atoms with Crippen molar-refractivity contribution in [2.75, 3.05) is 59.7 Å². The summed E-state index contributed by atoms with van der Waals surface area (Å²) in [6.45, 7) is 11.2. The van der Waals surface area contributed by atoms with Gasteiger partial charge in [0.25, 0.3) is 0 Å². The summed E-state index contributed by atoms with van der Waals surface area (Å²) in [5, 5.41) is 0. The van der Waals surface area contributed by atoms with Crippen molar-refractivity contribution in [3.05, 3.63) is 0 Å². The molecule has 0 radical (unpaired) electrons. The summed E-state index contributed by atoms with van der Waals surface area (Å²) < 4.78 is 11.1. The number of carbonyl (C=O) groups is 2. The van der Waals surface area contributed by atoms with E-state index in [0.29, 0.717) is 32.1 Å². The summed E-state index contributed by atoms with van der Waals surface area (Å²) in [5.41, 5.74) is 0. The van der Waals surface area contributed by atoms with Gasteiger partial charge in [0.1, 0.15) is 11.6 Å². The van der Waals surface area contributed by atoms with Gasteiger partial charge in [0.05, 0.1) is 0 Å². The standard InChI is InChI=1S/C24H44N2O4/c1-4-14-29-16-6-8-23(27)21-18-20(26-12-10-25(3)11-13-26)19-22(21)24(28)9-7-17-30-15-5-2/h20-22H,4-19H2,1-3H3/t21-,22-/m1/s1. The van der Waals surface area contributed by atoms with E-state index in [1.54, 1.807) is 0 Å². The quantitative estimate of drug-likeness (QED) is 0.376. The Kier molecular flexibility index (Phi) is 12.1. The maximum absolute atomic E-state index is 13.0. The number of rotatable bonds is 15. The second-order valence-electron chi connectivity index (χ2n) is 9.04. The van der Waals surface area contributed by atoms with Crippen LogP contribution in [0.2, 0.25) is 0 Å². The van der Waals surface area contributed by atoms with Crippen molar-refractivity contribution < 1.29 is 19.1 Å². The van der Waals surface area contributed by atoms with E-state index in [2.05, 4.69) is 30.7 Å². The molecule has 1 aliphatic heterocycles. The van der Waals surface area contributed by atoms with E-state index < -0.39 is 0 Å². The second-order valence-corrected chi connectivity index (χ2v) is 9.04. The third-order valence-electron chi connectivity index (χ3n) is 6.54. The molecule has 1 saturated heterocycles. The molecule has 0 bridgehead atoms. The van der Waals surface area contributed by atoms with E-state index in [4.69, 9.17) is 9.47 Å². The molecule has 0 N–H and O–H groups in total. The van der Waals surface area contributed by atoms with Crippen LogP contribution in [0.15, 0.2) is 0 Å². The number of nitrogens with zero attached hydrogens (tertiary/aromatic N) is 2. The largest absolute Gasteiger partial charge is 0.381 e. The number of hydrogen-bond acceptors (Lipinski definition) is 6. The molecular formula is C24H44N2O4. The Morgan fingerprint density at radius 1 is 0.767 bits per heavy atom. The smallest absolute Gasteiger partial charge is 0.136 e. The van der Waals surface area contributed by atoms with E-state index in [1.807, 2.05) is 0 Å². The molecule has 0 aromatic rings. The monoisotopic (exact) mass is 424 g/mol. The Balaban J connectivity index is 1.89. The molecule has 0 aromatic heterocycles. The number of ether oxygens (including phenoxy) is 2. The number of hydrogen-bond donors (Lipinski definition) is 0. The van der Waals surface area contributed by atoms with Gasteiger partial charge in [-0.05, 0) is 45.6 Å². The van der Waals surface area contributed by atoms with Gasteiger partial charge in [0, 0.05) is 83.3 Å². The highest BCUT2D eigenvalue weighted by molar-refractivity contribution is 5.90. The molecular weight excluding hydrogens is 380 g/mol. The van der Waals surface area contributed by atoms with E-state index in [9.17, 15) is 9.59 Å². The summed E-state index contributed by atoms with van der Waals surface area (Å²) in [4.78, 5) is 30.9. The normalized spacial score (nSPS) is 23.8. The summed E-state index contributed by atoms with van der Waals surface area (Å²) in [7, 11) is 2.16. The van der Waals surface area contributed by atoms with Crippen LogP contribution >= 0.6 is 0 Å². The van der Waals surface area contributed by atoms with Crippen molar-refractivity contribution in [2.45, 2.75) is 71.3 Å². The average Bonchev–Trinajstić information content (AvgIpc) is 3.19. The van der Waals surface area contributed by atoms with Gasteiger partial charge in [0.2, 0.25) is 0 Å². The molecule has 1 aliphatic carbocycles. The fourth-order valence-electron chi connectivity index (χ4n) is 4.77. The number of likely N-dealkylation sites (N-methyl/N-ethyl adjacent to an activating group) is 1. The summed E-state index contributed by atoms with van der Waals surface area (Å²) in [5.74, 6) is 0.328. The summed E-state index contributed by atoms with van der Waals surface area (Å²) in [6, 6.07) is 0.370. The van der Waals surface area contributed by atoms with Crippen LogP contribution in [0.4, 0.5) is 0 Å². The topological polar surface area (TPSA) is 59.1 Å². The van der Waals surface area contributed by atoms with Gasteiger partial charge in [-0.15, -0.1) is 0 Å². The zero-order valence-electron chi connectivity index (χ0n) is 19.6. The molecule has 0 aromatic carbocycles. The van der Waals surface area contributed by atoms with Gasteiger partial charge < -0.3 is 14.4 Å². The van der Waals surface area contributed by atoms with E-state index in [-0.39, 0.29) is 23.4 Å². The molecule has 6 heteroatoms. The second kappa shape index (κ2) is 14.3. The lowest BCUT2D eigenvalue weighted by atomic mass is 9.85. The van der Waals surface area contributed by atoms with Crippen molar-refractivity contribution in [3.8, 4) is 0 Å². The number of piperazine rings is 1. The third-order valence-corrected chi connectivity index (χ3v) is 6.54. The minimum absolute atomic E-state index is 0.107. The highest BCUT2D eigenvalue weighted by atomic mass is 16.5. The molecule has 2 rings (SSSR count). The van der Waals surface area contributed by atoms with Crippen LogP contribution < -0.4 is 0 Å². The molecule has 30 heavy (non-hydrogen) atoms. The summed E-state index contributed by atoms with van der Waals surface area (Å²) in [6.07, 6.45) is 6.30. The first-order valence-electron chi connectivity index (χ1n) is 12.2. The van der Waals surface area contributed by atoms with Gasteiger partial charge in [-0.2, -0.15) is 0 Å². The fourth-order valence-corrected chi connectivity index (χ4v) is 4.77. The third kappa shape index (κ3) is 8.37. The van der Waals surface area contributed by atoms with Crippen LogP contribution in [-0.4, -0.2) is 87.1 Å². The lowest BCUT2D eigenvalue weighted by Gasteiger charge is -2.36. The summed E-state index contributed by atoms with van der Waals surface area (Å²) >= 11 is 0. The average molecular weight is 425 g/mol. The Morgan fingerprint density at radius 2 is 1.23 bits per heavy atom. The molecule has 1 saturated carbocycles. The molecule has 0 spiro atoms. The first-order valence-corrected chi connectivity index (χ1v) is 12.2. The van der Waals surface area contributed by atoms with Gasteiger partial charge in [-0.3, -0.25) is 14.5 Å². The van der Waals surface area contributed by atoms with E-state index in [0.717, 1.165) is 77.9 Å². The lowest BCUT2D eigenvalue weighted by Crippen LogP contribution is -2.48. The lowest BCUT2D eigenvalue weighted by molar-refractivity contribution is -0.131. The zero-order valence-corrected chi connectivity index (χ0v) is 19.6. The fraction of sp³-hybridized carbons (Fsp3) is 0.917. The molecule has 6 nitrogen and oxygen atoms in total. The van der Waals surface area contributed by atoms with Crippen LogP contribution in [-0.2, 0) is 19.1 Å². The van der Waals surface area contributed by atoms with Gasteiger partial charge in [0.15, 0.2) is 0 Å². The molecule has 0 unspecified atom stereocenters. The van der Waals surface area contributed by atoms with Crippen LogP contribution in [0.25, 0.3) is 0 Å². The van der Waals surface area contributed by atoms with Gasteiger partial charge in [-0.25, -0.2) is 0 Å². The Hall–Kier alpha value is -0.820. The molecule has 1 heterocycles. The van der Waals surface area contributed by atoms with Crippen molar-refractivity contribution in [1.82, 2.24) is 9.80 Å². The Morgan fingerprint density at radius 3 is 1.67 bits per heavy atom. The molecule has 2 fully saturated rings. The van der Waals surface area contributed by atoms with Crippen LogP contribution in [0.1, 0.15) is 65.2 Å². The Bertz CT molecular complexity index is 471. The van der Waals surface area contributed by atoms with Crippen LogP contribution in [0, 0.1) is 11.8 Å². The number of ketones is 2. The maximum atomic E-state index is 13.0. The SMILES string of the molecule is CCCOCCCC(=O)[C@@H]1CC(N2CCN(C)CC2)C[C@H]1C(=O)CCCOCCC. The van der Waals surface area contributed by atoms with Gasteiger partial charge >= 0.3 is 0 Å². The van der Waals surface area contributed by atoms with Crippen LogP contribution in [0.5, 0.6) is 0 Å². The van der Waals surface area contributed by atoms with Crippen molar-refractivity contribution >= 4 is 11.6 Å². The maximum Gasteiger partial charge on any atom is 0.136 e.